The number of rotatable bonds is 6. The van der Waals surface area contributed by atoms with Crippen LogP contribution in [0.5, 0.6) is 0 Å². The highest BCUT2D eigenvalue weighted by Gasteiger charge is 2.33. The molecule has 1 aromatic rings. The number of benzene rings is 1. The van der Waals surface area contributed by atoms with E-state index in [1.54, 1.807) is 0 Å². The maximum atomic E-state index is 12.8. The number of halogens is 4. The molecule has 1 rings (SSSR count). The van der Waals surface area contributed by atoms with E-state index in [1.165, 1.54) is 18.2 Å². The summed E-state index contributed by atoms with van der Waals surface area (Å²) in [6.07, 6.45) is -4.06. The summed E-state index contributed by atoms with van der Waals surface area (Å²) in [7, 11) is 0. The van der Waals surface area contributed by atoms with Gasteiger partial charge in [0.15, 0.2) is 0 Å². The third-order valence-corrected chi connectivity index (χ3v) is 3.08. The predicted molar refractivity (Wildman–Crippen MR) is 82.8 cm³/mol. The van der Waals surface area contributed by atoms with Gasteiger partial charge in [-0.3, -0.25) is 4.79 Å². The van der Waals surface area contributed by atoms with E-state index in [-0.39, 0.29) is 37.0 Å². The van der Waals surface area contributed by atoms with Crippen LogP contribution < -0.4 is 11.1 Å². The van der Waals surface area contributed by atoms with Gasteiger partial charge in [0.05, 0.1) is 12.0 Å². The van der Waals surface area contributed by atoms with Gasteiger partial charge in [0.1, 0.15) is 0 Å². The van der Waals surface area contributed by atoms with Crippen LogP contribution in [-0.4, -0.2) is 18.5 Å². The van der Waals surface area contributed by atoms with Crippen LogP contribution in [0, 0.1) is 5.92 Å². The van der Waals surface area contributed by atoms with E-state index in [1.807, 2.05) is 13.8 Å². The molecule has 0 aliphatic rings. The molecular weight excluding hydrogens is 317 g/mol. The van der Waals surface area contributed by atoms with E-state index < -0.39 is 17.6 Å². The minimum atomic E-state index is -4.46. The molecule has 0 aliphatic carbocycles. The number of nitrogens with two attached hydrogens (primary N) is 1. The topological polar surface area (TPSA) is 55.1 Å². The van der Waals surface area contributed by atoms with Crippen LogP contribution in [-0.2, 0) is 17.4 Å². The Balaban J connectivity index is 0.00000441. The van der Waals surface area contributed by atoms with Crippen molar-refractivity contribution < 1.29 is 18.0 Å². The highest BCUT2D eigenvalue weighted by atomic mass is 35.5. The summed E-state index contributed by atoms with van der Waals surface area (Å²) in [5.74, 6) is -0.0934. The average Bonchev–Trinajstić information content (AvgIpc) is 2.36. The number of alkyl halides is 3. The van der Waals surface area contributed by atoms with Gasteiger partial charge in [0.2, 0.25) is 5.91 Å². The largest absolute Gasteiger partial charge is 0.416 e. The Kier molecular flexibility index (Phi) is 8.48. The predicted octanol–water partition coefficient (Wildman–Crippen LogP) is 3.16. The molecule has 1 unspecified atom stereocenters. The lowest BCUT2D eigenvalue weighted by Crippen LogP contribution is -2.41. The van der Waals surface area contributed by atoms with Crippen LogP contribution in [0.25, 0.3) is 0 Å². The van der Waals surface area contributed by atoms with Crippen LogP contribution in [0.3, 0.4) is 0 Å². The molecule has 0 heterocycles. The minimum Gasteiger partial charge on any atom is -0.352 e. The van der Waals surface area contributed by atoms with Crippen molar-refractivity contribution in [1.82, 2.24) is 5.32 Å². The molecule has 0 fully saturated rings. The molecule has 3 nitrogen and oxygen atoms in total. The molecule has 0 bridgehead atoms. The molecule has 126 valence electrons. The fourth-order valence-corrected chi connectivity index (χ4v) is 2.19. The third-order valence-electron chi connectivity index (χ3n) is 3.08. The molecule has 0 aromatic heterocycles. The summed E-state index contributed by atoms with van der Waals surface area (Å²) in [6, 6.07) is 4.90. The molecule has 0 saturated heterocycles. The average molecular weight is 339 g/mol. The first kappa shape index (κ1) is 20.7. The zero-order valence-electron chi connectivity index (χ0n) is 12.6. The van der Waals surface area contributed by atoms with Crippen molar-refractivity contribution in [2.75, 3.05) is 6.54 Å². The summed E-state index contributed by atoms with van der Waals surface area (Å²) in [4.78, 5) is 11.9. The number of hydrogen-bond donors (Lipinski definition) is 2. The van der Waals surface area contributed by atoms with E-state index in [0.717, 1.165) is 6.07 Å². The fraction of sp³-hybridized carbons (Fsp3) is 0.533. The molecule has 7 heteroatoms. The fourth-order valence-electron chi connectivity index (χ4n) is 2.19. The summed E-state index contributed by atoms with van der Waals surface area (Å²) in [6.45, 7) is 4.26. The third kappa shape index (κ3) is 6.66. The van der Waals surface area contributed by atoms with Crippen molar-refractivity contribution in [2.24, 2.45) is 11.7 Å². The molecule has 3 N–H and O–H groups in total. The van der Waals surface area contributed by atoms with E-state index >= 15 is 0 Å². The smallest absolute Gasteiger partial charge is 0.352 e. The van der Waals surface area contributed by atoms with Gasteiger partial charge in [-0.15, -0.1) is 12.4 Å². The number of carbonyl (C=O) groups is 1. The number of carbonyl (C=O) groups excluding carboxylic acids is 1. The van der Waals surface area contributed by atoms with Gasteiger partial charge in [-0.1, -0.05) is 32.0 Å². The Bertz CT molecular complexity index is 478. The zero-order valence-corrected chi connectivity index (χ0v) is 13.4. The molecule has 0 spiro atoms. The van der Waals surface area contributed by atoms with Crippen LogP contribution >= 0.6 is 12.4 Å². The Morgan fingerprint density at radius 2 is 1.86 bits per heavy atom. The summed E-state index contributed by atoms with van der Waals surface area (Å²) < 4.78 is 38.5. The summed E-state index contributed by atoms with van der Waals surface area (Å²) in [5.41, 5.74) is 4.77. The summed E-state index contributed by atoms with van der Waals surface area (Å²) in [5, 5.41) is 2.69. The van der Waals surface area contributed by atoms with Crippen molar-refractivity contribution in [3.8, 4) is 0 Å². The first-order chi connectivity index (χ1) is 9.74. The molecule has 0 saturated carbocycles. The Hall–Kier alpha value is -1.27. The Labute approximate surface area is 134 Å². The number of amides is 1. The van der Waals surface area contributed by atoms with E-state index in [0.29, 0.717) is 12.3 Å². The van der Waals surface area contributed by atoms with Gasteiger partial charge in [-0.05, 0) is 24.0 Å². The monoisotopic (exact) mass is 338 g/mol. The number of nitrogens with one attached hydrogen (secondary N) is 1. The Morgan fingerprint density at radius 1 is 1.27 bits per heavy atom. The summed E-state index contributed by atoms with van der Waals surface area (Å²) >= 11 is 0. The van der Waals surface area contributed by atoms with Gasteiger partial charge in [0.25, 0.3) is 0 Å². The molecule has 0 aliphatic heterocycles. The van der Waals surface area contributed by atoms with E-state index in [4.69, 9.17) is 5.73 Å². The maximum absolute atomic E-state index is 12.8. The van der Waals surface area contributed by atoms with Crippen LogP contribution in [0.4, 0.5) is 13.2 Å². The highest BCUT2D eigenvalue weighted by molar-refractivity contribution is 5.85. The van der Waals surface area contributed by atoms with Crippen LogP contribution in [0.15, 0.2) is 24.3 Å². The van der Waals surface area contributed by atoms with Crippen molar-refractivity contribution in [3.63, 3.8) is 0 Å². The lowest BCUT2D eigenvalue weighted by atomic mass is 10.0. The molecular formula is C15H22ClF3N2O. The lowest BCUT2D eigenvalue weighted by Gasteiger charge is -2.19. The normalized spacial score (nSPS) is 12.7. The second-order valence-electron chi connectivity index (χ2n) is 5.46. The second-order valence-corrected chi connectivity index (χ2v) is 5.46. The maximum Gasteiger partial charge on any atom is 0.416 e. The van der Waals surface area contributed by atoms with Crippen LogP contribution in [0.2, 0.25) is 0 Å². The van der Waals surface area contributed by atoms with Gasteiger partial charge < -0.3 is 11.1 Å². The lowest BCUT2D eigenvalue weighted by molar-refractivity contribution is -0.138. The van der Waals surface area contributed by atoms with E-state index in [9.17, 15) is 18.0 Å². The van der Waals surface area contributed by atoms with Crippen LogP contribution in [0.1, 0.15) is 31.4 Å². The first-order valence-corrected chi connectivity index (χ1v) is 6.88. The Morgan fingerprint density at radius 3 is 2.36 bits per heavy atom. The quantitative estimate of drug-likeness (QED) is 0.837. The van der Waals surface area contributed by atoms with Gasteiger partial charge in [-0.25, -0.2) is 0 Å². The molecule has 22 heavy (non-hydrogen) atoms. The van der Waals surface area contributed by atoms with Crippen molar-refractivity contribution in [3.05, 3.63) is 35.4 Å². The van der Waals surface area contributed by atoms with Gasteiger partial charge >= 0.3 is 6.18 Å². The van der Waals surface area contributed by atoms with E-state index in [2.05, 4.69) is 5.32 Å². The standard InChI is InChI=1S/C15H21F3N2O.ClH/c1-10(2)7-12(9-19)20-14(21)8-11-5-3-4-6-13(11)15(16,17)18;/h3-6,10,12H,7-9,19H2,1-2H3,(H,20,21);1H. The molecule has 1 amide bonds. The molecule has 1 atom stereocenters. The SMILES string of the molecule is CC(C)CC(CN)NC(=O)Cc1ccccc1C(F)(F)F.Cl. The molecule has 0 radical (unpaired) electrons. The highest BCUT2D eigenvalue weighted by Crippen LogP contribution is 2.31. The minimum absolute atomic E-state index is 0. The zero-order chi connectivity index (χ0) is 16.0. The number of hydrogen-bond acceptors (Lipinski definition) is 2. The van der Waals surface area contributed by atoms with Gasteiger partial charge in [-0.2, -0.15) is 13.2 Å². The second kappa shape index (κ2) is 9.00. The first-order valence-electron chi connectivity index (χ1n) is 6.88. The van der Waals surface area contributed by atoms with Crippen molar-refractivity contribution >= 4 is 18.3 Å². The van der Waals surface area contributed by atoms with Gasteiger partial charge in [0, 0.05) is 12.6 Å². The molecule has 1 aromatic carbocycles. The van der Waals surface area contributed by atoms with Crippen molar-refractivity contribution in [2.45, 2.75) is 38.9 Å². The van der Waals surface area contributed by atoms with Crippen molar-refractivity contribution in [1.29, 1.82) is 0 Å².